The first-order chi connectivity index (χ1) is 11.4. The molecule has 2 heterocycles. The Bertz CT molecular complexity index is 855. The van der Waals surface area contributed by atoms with Gasteiger partial charge in [0.2, 0.25) is 0 Å². The van der Waals surface area contributed by atoms with E-state index in [2.05, 4.69) is 33.5 Å². The molecule has 0 fully saturated rings. The molecule has 124 valence electrons. The molecule has 24 heavy (non-hydrogen) atoms. The van der Waals surface area contributed by atoms with Gasteiger partial charge in [-0.2, -0.15) is 0 Å². The summed E-state index contributed by atoms with van der Waals surface area (Å²) in [4.78, 5) is 14.0. The summed E-state index contributed by atoms with van der Waals surface area (Å²) >= 11 is 1.74. The van der Waals surface area contributed by atoms with Crippen molar-refractivity contribution < 1.29 is 4.79 Å². The number of carbonyl (C=O) groups excluding carboxylic acids is 1. The third-order valence-corrected chi connectivity index (χ3v) is 5.05. The summed E-state index contributed by atoms with van der Waals surface area (Å²) in [7, 11) is 0. The molecule has 3 rings (SSSR count). The van der Waals surface area contributed by atoms with Gasteiger partial charge in [0.15, 0.2) is 0 Å². The second-order valence-electron chi connectivity index (χ2n) is 6.28. The molecule has 0 aliphatic heterocycles. The van der Waals surface area contributed by atoms with Crippen LogP contribution in [0.2, 0.25) is 0 Å². The van der Waals surface area contributed by atoms with Crippen molar-refractivity contribution in [3.8, 4) is 0 Å². The van der Waals surface area contributed by atoms with E-state index < -0.39 is 0 Å². The highest BCUT2D eigenvalue weighted by atomic mass is 32.1. The molecule has 4 heteroatoms. The van der Waals surface area contributed by atoms with Crippen LogP contribution in [-0.4, -0.2) is 10.5 Å². The summed E-state index contributed by atoms with van der Waals surface area (Å²) in [6.45, 7) is 8.95. The van der Waals surface area contributed by atoms with Crippen molar-refractivity contribution in [1.29, 1.82) is 0 Å². The summed E-state index contributed by atoms with van der Waals surface area (Å²) < 4.78 is 2.20. The van der Waals surface area contributed by atoms with Crippen LogP contribution in [0.15, 0.2) is 41.8 Å². The second-order valence-corrected chi connectivity index (χ2v) is 7.31. The van der Waals surface area contributed by atoms with Crippen molar-refractivity contribution in [2.45, 2.75) is 34.2 Å². The van der Waals surface area contributed by atoms with Crippen LogP contribution in [0.1, 0.15) is 37.7 Å². The van der Waals surface area contributed by atoms with E-state index >= 15 is 0 Å². The van der Waals surface area contributed by atoms with Crippen LogP contribution in [0, 0.1) is 27.7 Å². The highest BCUT2D eigenvalue weighted by molar-refractivity contribution is 7.09. The third kappa shape index (κ3) is 3.44. The smallest absolute Gasteiger partial charge is 0.257 e. The number of rotatable bonds is 4. The molecule has 3 nitrogen and oxygen atoms in total. The third-order valence-electron chi connectivity index (χ3n) is 4.19. The number of thiophene rings is 1. The van der Waals surface area contributed by atoms with E-state index in [9.17, 15) is 4.79 Å². The SMILES string of the molecule is Cc1cc(C)cc(NC(=O)c2cc(C)n(Cc3cccs3)c2C)c1. The predicted octanol–water partition coefficient (Wildman–Crippen LogP) is 5.08. The van der Waals surface area contributed by atoms with Gasteiger partial charge in [0, 0.05) is 22.0 Å². The molecule has 0 unspecified atom stereocenters. The zero-order chi connectivity index (χ0) is 17.3. The molecule has 0 bridgehead atoms. The van der Waals surface area contributed by atoms with E-state index in [0.717, 1.165) is 40.3 Å². The van der Waals surface area contributed by atoms with E-state index in [4.69, 9.17) is 0 Å². The number of amides is 1. The minimum atomic E-state index is -0.0504. The van der Waals surface area contributed by atoms with Crippen molar-refractivity contribution in [1.82, 2.24) is 4.57 Å². The Morgan fingerprint density at radius 3 is 2.42 bits per heavy atom. The second kappa shape index (κ2) is 6.65. The molecule has 0 radical (unpaired) electrons. The first-order valence-corrected chi connectivity index (χ1v) is 8.91. The van der Waals surface area contributed by atoms with Gasteiger partial charge in [-0.25, -0.2) is 0 Å². The maximum absolute atomic E-state index is 12.7. The van der Waals surface area contributed by atoms with E-state index in [1.807, 2.05) is 45.9 Å². The van der Waals surface area contributed by atoms with Gasteiger partial charge in [-0.1, -0.05) is 12.1 Å². The van der Waals surface area contributed by atoms with Crippen molar-refractivity contribution in [3.63, 3.8) is 0 Å². The van der Waals surface area contributed by atoms with Crippen LogP contribution in [0.25, 0.3) is 0 Å². The van der Waals surface area contributed by atoms with E-state index in [1.54, 1.807) is 11.3 Å². The lowest BCUT2D eigenvalue weighted by atomic mass is 10.1. The first-order valence-electron chi connectivity index (χ1n) is 8.03. The van der Waals surface area contributed by atoms with E-state index in [-0.39, 0.29) is 5.91 Å². The minimum Gasteiger partial charge on any atom is -0.343 e. The number of nitrogens with one attached hydrogen (secondary N) is 1. The number of aromatic nitrogens is 1. The Morgan fingerprint density at radius 2 is 1.79 bits per heavy atom. The zero-order valence-electron chi connectivity index (χ0n) is 14.5. The number of hydrogen-bond donors (Lipinski definition) is 1. The molecule has 0 aliphatic rings. The molecule has 0 spiro atoms. The van der Waals surface area contributed by atoms with Gasteiger partial charge in [-0.05, 0) is 68.5 Å². The number of aryl methyl sites for hydroxylation is 3. The molecule has 0 saturated carbocycles. The van der Waals surface area contributed by atoms with Gasteiger partial charge >= 0.3 is 0 Å². The first kappa shape index (κ1) is 16.5. The lowest BCUT2D eigenvalue weighted by Gasteiger charge is -2.10. The van der Waals surface area contributed by atoms with Crippen LogP contribution in [0.5, 0.6) is 0 Å². The normalized spacial score (nSPS) is 10.8. The van der Waals surface area contributed by atoms with Crippen LogP contribution in [-0.2, 0) is 6.54 Å². The Kier molecular flexibility index (Phi) is 4.58. The van der Waals surface area contributed by atoms with Gasteiger partial charge in [0.05, 0.1) is 12.1 Å². The lowest BCUT2D eigenvalue weighted by molar-refractivity contribution is 0.102. The largest absolute Gasteiger partial charge is 0.343 e. The number of carbonyl (C=O) groups is 1. The molecule has 1 aromatic carbocycles. The fraction of sp³-hybridized carbons (Fsp3) is 0.250. The van der Waals surface area contributed by atoms with Crippen LogP contribution >= 0.6 is 11.3 Å². The molecule has 1 N–H and O–H groups in total. The zero-order valence-corrected chi connectivity index (χ0v) is 15.3. The fourth-order valence-corrected chi connectivity index (χ4v) is 3.77. The average molecular weight is 338 g/mol. The minimum absolute atomic E-state index is 0.0504. The molecule has 3 aromatic rings. The molecular formula is C20H22N2OS. The van der Waals surface area contributed by atoms with Gasteiger partial charge in [-0.15, -0.1) is 11.3 Å². The molecule has 0 aliphatic carbocycles. The Labute approximate surface area is 147 Å². The lowest BCUT2D eigenvalue weighted by Crippen LogP contribution is -2.13. The average Bonchev–Trinajstić information content (AvgIpc) is 3.10. The Morgan fingerprint density at radius 1 is 1.08 bits per heavy atom. The van der Waals surface area contributed by atoms with Gasteiger partial charge in [-0.3, -0.25) is 4.79 Å². The number of hydrogen-bond acceptors (Lipinski definition) is 2. The summed E-state index contributed by atoms with van der Waals surface area (Å²) in [5.74, 6) is -0.0504. The maximum atomic E-state index is 12.7. The number of benzene rings is 1. The summed E-state index contributed by atoms with van der Waals surface area (Å²) in [5, 5.41) is 5.11. The van der Waals surface area contributed by atoms with E-state index in [1.165, 1.54) is 4.88 Å². The predicted molar refractivity (Wildman–Crippen MR) is 101 cm³/mol. The molecule has 0 atom stereocenters. The summed E-state index contributed by atoms with van der Waals surface area (Å²) in [6, 6.07) is 12.2. The Hall–Kier alpha value is -2.33. The van der Waals surface area contributed by atoms with Crippen LogP contribution < -0.4 is 5.32 Å². The summed E-state index contributed by atoms with van der Waals surface area (Å²) in [5.41, 5.74) is 5.99. The molecule has 2 aromatic heterocycles. The number of anilines is 1. The monoisotopic (exact) mass is 338 g/mol. The van der Waals surface area contributed by atoms with Crippen LogP contribution in [0.4, 0.5) is 5.69 Å². The van der Waals surface area contributed by atoms with Crippen molar-refractivity contribution in [2.24, 2.45) is 0 Å². The van der Waals surface area contributed by atoms with Crippen molar-refractivity contribution in [3.05, 3.63) is 74.7 Å². The summed E-state index contributed by atoms with van der Waals surface area (Å²) in [6.07, 6.45) is 0. The van der Waals surface area contributed by atoms with Gasteiger partial charge in [0.25, 0.3) is 5.91 Å². The molecular weight excluding hydrogens is 316 g/mol. The topological polar surface area (TPSA) is 34.0 Å². The van der Waals surface area contributed by atoms with Crippen LogP contribution in [0.3, 0.4) is 0 Å². The highest BCUT2D eigenvalue weighted by Crippen LogP contribution is 2.21. The number of nitrogens with zero attached hydrogens (tertiary/aromatic N) is 1. The highest BCUT2D eigenvalue weighted by Gasteiger charge is 2.16. The van der Waals surface area contributed by atoms with E-state index in [0.29, 0.717) is 0 Å². The maximum Gasteiger partial charge on any atom is 0.257 e. The standard InChI is InChI=1S/C20H22N2OS/c1-13-8-14(2)10-17(9-13)21-20(23)19-11-15(3)22(16(19)4)12-18-6-5-7-24-18/h5-11H,12H2,1-4H3,(H,21,23). The molecule has 1 amide bonds. The van der Waals surface area contributed by atoms with Crippen molar-refractivity contribution >= 4 is 22.9 Å². The van der Waals surface area contributed by atoms with Gasteiger partial charge in [0.1, 0.15) is 0 Å². The van der Waals surface area contributed by atoms with Crippen molar-refractivity contribution in [2.75, 3.05) is 5.32 Å². The Balaban J connectivity index is 1.85. The van der Waals surface area contributed by atoms with Gasteiger partial charge < -0.3 is 9.88 Å². The fourth-order valence-electron chi connectivity index (χ4n) is 3.08. The molecule has 0 saturated heterocycles. The quantitative estimate of drug-likeness (QED) is 0.707.